The molecule has 116 valence electrons. The van der Waals surface area contributed by atoms with Gasteiger partial charge in [-0.25, -0.2) is 4.79 Å². The number of hydrogen-bond donors (Lipinski definition) is 2. The van der Waals surface area contributed by atoms with Gasteiger partial charge in [-0.1, -0.05) is 26.2 Å². The number of carbonyl (C=O) groups is 1. The van der Waals surface area contributed by atoms with Crippen molar-refractivity contribution in [2.75, 3.05) is 12.3 Å². The summed E-state index contributed by atoms with van der Waals surface area (Å²) in [5.41, 5.74) is 7.95. The van der Waals surface area contributed by atoms with E-state index < -0.39 is 5.97 Å². The summed E-state index contributed by atoms with van der Waals surface area (Å²) in [5.74, 6) is -0.919. The van der Waals surface area contributed by atoms with Gasteiger partial charge in [-0.05, 0) is 53.0 Å². The molecular formula is C16H23BrN2O2. The first-order chi connectivity index (χ1) is 10.0. The van der Waals surface area contributed by atoms with Gasteiger partial charge in [-0.2, -0.15) is 0 Å². The number of nitrogens with zero attached hydrogens (tertiary/aromatic N) is 1. The SMILES string of the molecule is CCN(Cc1cc(C(=O)O)cc(Br)c1N)C1CCCCC1. The molecule has 0 aromatic heterocycles. The van der Waals surface area contributed by atoms with Crippen LogP contribution in [0.1, 0.15) is 54.9 Å². The summed E-state index contributed by atoms with van der Waals surface area (Å²) in [7, 11) is 0. The van der Waals surface area contributed by atoms with Crippen molar-refractivity contribution >= 4 is 27.6 Å². The molecule has 1 aromatic carbocycles. The Kier molecular flexibility index (Phi) is 5.65. The zero-order valence-corrected chi connectivity index (χ0v) is 14.0. The maximum Gasteiger partial charge on any atom is 0.335 e. The first-order valence-electron chi connectivity index (χ1n) is 7.58. The van der Waals surface area contributed by atoms with Crippen LogP contribution in [-0.2, 0) is 6.54 Å². The molecule has 1 aliphatic rings. The second-order valence-electron chi connectivity index (χ2n) is 5.69. The highest BCUT2D eigenvalue weighted by Gasteiger charge is 2.21. The Hall–Kier alpha value is -1.07. The lowest BCUT2D eigenvalue weighted by molar-refractivity contribution is 0.0696. The minimum absolute atomic E-state index is 0.283. The Labute approximate surface area is 134 Å². The molecule has 2 rings (SSSR count). The molecule has 5 heteroatoms. The summed E-state index contributed by atoms with van der Waals surface area (Å²) in [6.07, 6.45) is 6.36. The summed E-state index contributed by atoms with van der Waals surface area (Å²) in [4.78, 5) is 13.6. The van der Waals surface area contributed by atoms with Gasteiger partial charge in [0, 0.05) is 17.1 Å². The van der Waals surface area contributed by atoms with E-state index in [9.17, 15) is 9.90 Å². The van der Waals surface area contributed by atoms with Crippen molar-refractivity contribution in [3.8, 4) is 0 Å². The van der Waals surface area contributed by atoms with E-state index in [2.05, 4.69) is 27.8 Å². The summed E-state index contributed by atoms with van der Waals surface area (Å²) in [6, 6.07) is 3.86. The van der Waals surface area contributed by atoms with E-state index in [4.69, 9.17) is 5.73 Å². The number of nitrogens with two attached hydrogens (primary N) is 1. The first-order valence-corrected chi connectivity index (χ1v) is 8.37. The average molecular weight is 355 g/mol. The number of anilines is 1. The topological polar surface area (TPSA) is 66.6 Å². The lowest BCUT2D eigenvalue weighted by Gasteiger charge is -2.34. The third kappa shape index (κ3) is 3.98. The first kappa shape index (κ1) is 16.3. The lowest BCUT2D eigenvalue weighted by Crippen LogP contribution is -2.36. The van der Waals surface area contributed by atoms with Crippen LogP contribution in [0.25, 0.3) is 0 Å². The molecule has 0 spiro atoms. The number of halogens is 1. The average Bonchev–Trinajstić information content (AvgIpc) is 2.49. The van der Waals surface area contributed by atoms with Crippen LogP contribution in [0, 0.1) is 0 Å². The quantitative estimate of drug-likeness (QED) is 0.787. The van der Waals surface area contributed by atoms with Gasteiger partial charge in [0.05, 0.1) is 11.3 Å². The molecule has 3 N–H and O–H groups in total. The zero-order valence-electron chi connectivity index (χ0n) is 12.4. The smallest absolute Gasteiger partial charge is 0.335 e. The van der Waals surface area contributed by atoms with Crippen LogP contribution in [0.15, 0.2) is 16.6 Å². The Morgan fingerprint density at radius 3 is 2.62 bits per heavy atom. The van der Waals surface area contributed by atoms with Crippen molar-refractivity contribution in [2.24, 2.45) is 0 Å². The second kappa shape index (κ2) is 7.27. The van der Waals surface area contributed by atoms with Crippen molar-refractivity contribution in [3.05, 3.63) is 27.7 Å². The van der Waals surface area contributed by atoms with Gasteiger partial charge in [0.15, 0.2) is 0 Å². The Bertz CT molecular complexity index is 513. The van der Waals surface area contributed by atoms with Crippen LogP contribution in [0.4, 0.5) is 5.69 Å². The third-order valence-electron chi connectivity index (χ3n) is 4.33. The minimum atomic E-state index is -0.919. The van der Waals surface area contributed by atoms with E-state index in [1.54, 1.807) is 12.1 Å². The van der Waals surface area contributed by atoms with Gasteiger partial charge in [-0.3, -0.25) is 4.90 Å². The van der Waals surface area contributed by atoms with Gasteiger partial charge in [-0.15, -0.1) is 0 Å². The van der Waals surface area contributed by atoms with Gasteiger partial charge in [0.2, 0.25) is 0 Å². The van der Waals surface area contributed by atoms with E-state index in [1.165, 1.54) is 32.1 Å². The highest BCUT2D eigenvalue weighted by molar-refractivity contribution is 9.10. The van der Waals surface area contributed by atoms with E-state index in [0.29, 0.717) is 22.7 Å². The van der Waals surface area contributed by atoms with Crippen molar-refractivity contribution in [2.45, 2.75) is 51.6 Å². The molecule has 21 heavy (non-hydrogen) atoms. The van der Waals surface area contributed by atoms with E-state index in [0.717, 1.165) is 12.1 Å². The molecule has 4 nitrogen and oxygen atoms in total. The molecule has 0 aliphatic heterocycles. The number of nitrogen functional groups attached to an aromatic ring is 1. The monoisotopic (exact) mass is 354 g/mol. The van der Waals surface area contributed by atoms with Crippen molar-refractivity contribution in [3.63, 3.8) is 0 Å². The standard InChI is InChI=1S/C16H23BrN2O2/c1-2-19(13-6-4-3-5-7-13)10-12-8-11(16(20)21)9-14(17)15(12)18/h8-9,13H,2-7,10,18H2,1H3,(H,20,21). The summed E-state index contributed by atoms with van der Waals surface area (Å²) < 4.78 is 0.664. The normalized spacial score (nSPS) is 16.3. The fraction of sp³-hybridized carbons (Fsp3) is 0.562. The predicted molar refractivity (Wildman–Crippen MR) is 88.5 cm³/mol. The van der Waals surface area contributed by atoms with Crippen molar-refractivity contribution in [1.29, 1.82) is 0 Å². The molecule has 1 aromatic rings. The van der Waals surface area contributed by atoms with E-state index in [-0.39, 0.29) is 5.56 Å². The second-order valence-corrected chi connectivity index (χ2v) is 6.55. The fourth-order valence-corrected chi connectivity index (χ4v) is 3.59. The van der Waals surface area contributed by atoms with Gasteiger partial charge >= 0.3 is 5.97 Å². The maximum atomic E-state index is 11.2. The number of hydrogen-bond acceptors (Lipinski definition) is 3. The van der Waals surface area contributed by atoms with E-state index in [1.807, 2.05) is 0 Å². The Balaban J connectivity index is 2.21. The summed E-state index contributed by atoms with van der Waals surface area (Å²) >= 11 is 3.37. The molecule has 0 saturated heterocycles. The Morgan fingerprint density at radius 1 is 1.38 bits per heavy atom. The maximum absolute atomic E-state index is 11.2. The highest BCUT2D eigenvalue weighted by Crippen LogP contribution is 2.29. The number of carboxylic acid groups (broad SMARTS) is 1. The summed E-state index contributed by atoms with van der Waals surface area (Å²) in [6.45, 7) is 3.83. The van der Waals surface area contributed by atoms with Gasteiger partial charge < -0.3 is 10.8 Å². The molecular weight excluding hydrogens is 332 g/mol. The van der Waals surface area contributed by atoms with Crippen LogP contribution in [-0.4, -0.2) is 28.6 Å². The molecule has 0 atom stereocenters. The van der Waals surface area contributed by atoms with Crippen LogP contribution in [0.2, 0.25) is 0 Å². The number of carboxylic acids is 1. The minimum Gasteiger partial charge on any atom is -0.478 e. The number of aromatic carboxylic acids is 1. The van der Waals surface area contributed by atoms with Crippen LogP contribution < -0.4 is 5.73 Å². The summed E-state index contributed by atoms with van der Waals surface area (Å²) in [5, 5.41) is 9.19. The van der Waals surface area contributed by atoms with Crippen molar-refractivity contribution < 1.29 is 9.90 Å². The largest absolute Gasteiger partial charge is 0.478 e. The molecule has 0 radical (unpaired) electrons. The molecule has 0 amide bonds. The molecule has 1 saturated carbocycles. The van der Waals surface area contributed by atoms with Crippen LogP contribution in [0.5, 0.6) is 0 Å². The van der Waals surface area contributed by atoms with Crippen LogP contribution in [0.3, 0.4) is 0 Å². The molecule has 0 unspecified atom stereocenters. The lowest BCUT2D eigenvalue weighted by atomic mass is 9.93. The number of rotatable bonds is 5. The fourth-order valence-electron chi connectivity index (χ4n) is 3.09. The molecule has 1 aliphatic carbocycles. The van der Waals surface area contributed by atoms with Gasteiger partial charge in [0.25, 0.3) is 0 Å². The zero-order chi connectivity index (χ0) is 15.4. The predicted octanol–water partition coefficient (Wildman–Crippen LogP) is 3.88. The molecule has 0 heterocycles. The third-order valence-corrected chi connectivity index (χ3v) is 4.99. The highest BCUT2D eigenvalue weighted by atomic mass is 79.9. The number of benzene rings is 1. The molecule has 1 fully saturated rings. The molecule has 0 bridgehead atoms. The van der Waals surface area contributed by atoms with Crippen molar-refractivity contribution in [1.82, 2.24) is 4.90 Å². The van der Waals surface area contributed by atoms with E-state index >= 15 is 0 Å². The Morgan fingerprint density at radius 2 is 2.05 bits per heavy atom. The van der Waals surface area contributed by atoms with Crippen LogP contribution >= 0.6 is 15.9 Å². The van der Waals surface area contributed by atoms with Gasteiger partial charge in [0.1, 0.15) is 0 Å².